The fourth-order valence-electron chi connectivity index (χ4n) is 3.09. The molecular weight excluding hydrogens is 248 g/mol. The molecule has 1 aliphatic carbocycles. The van der Waals surface area contributed by atoms with E-state index in [0.29, 0.717) is 6.04 Å². The molecule has 1 fully saturated rings. The molecular formula is C16H22N4. The topological polar surface area (TPSA) is 56.7 Å². The first-order valence-electron chi connectivity index (χ1n) is 7.44. The number of aryl methyl sites for hydroxylation is 1. The standard InChI is InChI=1S/C16H22N4/c1-12-11-18-8-6-15(12)16(17)10-13-7-9-20(19-13)14-4-2-3-5-14/h6-9,11,14,16H,2-5,10,17H2,1H3. The molecule has 1 saturated carbocycles. The second-order valence-corrected chi connectivity index (χ2v) is 5.77. The average Bonchev–Trinajstić information content (AvgIpc) is 3.09. The van der Waals surface area contributed by atoms with Crippen molar-refractivity contribution in [3.63, 3.8) is 0 Å². The predicted octanol–water partition coefficient (Wildman–Crippen LogP) is 2.94. The Bertz CT molecular complexity index is 569. The maximum atomic E-state index is 6.31. The fraction of sp³-hybridized carbons (Fsp3) is 0.500. The summed E-state index contributed by atoms with van der Waals surface area (Å²) >= 11 is 0. The summed E-state index contributed by atoms with van der Waals surface area (Å²) in [7, 11) is 0. The van der Waals surface area contributed by atoms with Gasteiger partial charge in [0.1, 0.15) is 0 Å². The largest absolute Gasteiger partial charge is 0.324 e. The molecule has 106 valence electrons. The van der Waals surface area contributed by atoms with Gasteiger partial charge in [-0.1, -0.05) is 12.8 Å². The van der Waals surface area contributed by atoms with Crippen molar-refractivity contribution in [3.05, 3.63) is 47.5 Å². The van der Waals surface area contributed by atoms with Crippen LogP contribution in [-0.2, 0) is 6.42 Å². The first-order valence-corrected chi connectivity index (χ1v) is 7.44. The molecule has 2 heterocycles. The highest BCUT2D eigenvalue weighted by molar-refractivity contribution is 5.26. The molecule has 2 aromatic rings. The molecule has 0 aromatic carbocycles. The Balaban J connectivity index is 1.70. The third kappa shape index (κ3) is 2.75. The lowest BCUT2D eigenvalue weighted by atomic mass is 10.0. The van der Waals surface area contributed by atoms with E-state index in [2.05, 4.69) is 28.9 Å². The normalized spacial score (nSPS) is 17.5. The molecule has 4 nitrogen and oxygen atoms in total. The zero-order chi connectivity index (χ0) is 13.9. The lowest BCUT2D eigenvalue weighted by Gasteiger charge is -2.13. The minimum atomic E-state index is -0.00933. The predicted molar refractivity (Wildman–Crippen MR) is 79.3 cm³/mol. The van der Waals surface area contributed by atoms with E-state index in [1.54, 1.807) is 6.20 Å². The van der Waals surface area contributed by atoms with Crippen LogP contribution >= 0.6 is 0 Å². The highest BCUT2D eigenvalue weighted by Crippen LogP contribution is 2.29. The zero-order valence-electron chi connectivity index (χ0n) is 12.0. The maximum absolute atomic E-state index is 6.31. The van der Waals surface area contributed by atoms with E-state index in [-0.39, 0.29) is 6.04 Å². The summed E-state index contributed by atoms with van der Waals surface area (Å²) < 4.78 is 2.13. The summed E-state index contributed by atoms with van der Waals surface area (Å²) in [5.41, 5.74) is 9.71. The molecule has 0 saturated heterocycles. The van der Waals surface area contributed by atoms with Crippen molar-refractivity contribution >= 4 is 0 Å². The van der Waals surface area contributed by atoms with Gasteiger partial charge in [0.25, 0.3) is 0 Å². The lowest BCUT2D eigenvalue weighted by molar-refractivity contribution is 0.461. The van der Waals surface area contributed by atoms with Crippen molar-refractivity contribution in [2.75, 3.05) is 0 Å². The van der Waals surface area contributed by atoms with Crippen molar-refractivity contribution in [1.82, 2.24) is 14.8 Å². The smallest absolute Gasteiger partial charge is 0.0643 e. The number of aromatic nitrogens is 3. The van der Waals surface area contributed by atoms with Crippen molar-refractivity contribution < 1.29 is 0 Å². The third-order valence-electron chi connectivity index (χ3n) is 4.25. The Morgan fingerprint density at radius 1 is 1.35 bits per heavy atom. The minimum absolute atomic E-state index is 0.00933. The van der Waals surface area contributed by atoms with Gasteiger partial charge in [0.05, 0.1) is 11.7 Å². The van der Waals surface area contributed by atoms with E-state index in [1.165, 1.54) is 25.7 Å². The quantitative estimate of drug-likeness (QED) is 0.929. The van der Waals surface area contributed by atoms with Crippen molar-refractivity contribution in [1.29, 1.82) is 0 Å². The van der Waals surface area contributed by atoms with Crippen molar-refractivity contribution in [2.45, 2.75) is 51.1 Å². The molecule has 4 heteroatoms. The van der Waals surface area contributed by atoms with Gasteiger partial charge >= 0.3 is 0 Å². The molecule has 1 unspecified atom stereocenters. The van der Waals surface area contributed by atoms with E-state index in [4.69, 9.17) is 10.8 Å². The summed E-state index contributed by atoms with van der Waals surface area (Å²) in [6, 6.07) is 4.70. The van der Waals surface area contributed by atoms with Gasteiger partial charge in [-0.15, -0.1) is 0 Å². The van der Waals surface area contributed by atoms with Crippen LogP contribution in [0.3, 0.4) is 0 Å². The Hall–Kier alpha value is -1.68. The molecule has 3 rings (SSSR count). The van der Waals surface area contributed by atoms with Crippen LogP contribution in [0.25, 0.3) is 0 Å². The second kappa shape index (κ2) is 5.75. The van der Waals surface area contributed by atoms with Gasteiger partial charge in [0.15, 0.2) is 0 Å². The number of pyridine rings is 1. The number of nitrogens with two attached hydrogens (primary N) is 1. The minimum Gasteiger partial charge on any atom is -0.324 e. The fourth-order valence-corrected chi connectivity index (χ4v) is 3.09. The molecule has 0 amide bonds. The van der Waals surface area contributed by atoms with Gasteiger partial charge in [-0.3, -0.25) is 9.67 Å². The SMILES string of the molecule is Cc1cnccc1C(N)Cc1ccn(C2CCCC2)n1. The number of hydrogen-bond acceptors (Lipinski definition) is 3. The van der Waals surface area contributed by atoms with Crippen LogP contribution in [0.1, 0.15) is 54.6 Å². The van der Waals surface area contributed by atoms with Crippen LogP contribution in [0.4, 0.5) is 0 Å². The molecule has 2 aromatic heterocycles. The van der Waals surface area contributed by atoms with E-state index in [1.807, 2.05) is 12.3 Å². The van der Waals surface area contributed by atoms with Crippen LogP contribution in [0.5, 0.6) is 0 Å². The van der Waals surface area contributed by atoms with Crippen LogP contribution < -0.4 is 5.73 Å². The van der Waals surface area contributed by atoms with Gasteiger partial charge < -0.3 is 5.73 Å². The molecule has 0 spiro atoms. The third-order valence-corrected chi connectivity index (χ3v) is 4.25. The Morgan fingerprint density at radius 2 is 2.15 bits per heavy atom. The first-order chi connectivity index (χ1) is 9.74. The highest BCUT2D eigenvalue weighted by atomic mass is 15.3. The summed E-state index contributed by atoms with van der Waals surface area (Å²) in [5, 5.41) is 4.71. The van der Waals surface area contributed by atoms with E-state index < -0.39 is 0 Å². The van der Waals surface area contributed by atoms with Gasteiger partial charge in [0.2, 0.25) is 0 Å². The zero-order valence-corrected chi connectivity index (χ0v) is 12.0. The van der Waals surface area contributed by atoms with Crippen LogP contribution in [-0.4, -0.2) is 14.8 Å². The van der Waals surface area contributed by atoms with Crippen molar-refractivity contribution in [3.8, 4) is 0 Å². The van der Waals surface area contributed by atoms with Gasteiger partial charge in [0, 0.05) is 31.1 Å². The van der Waals surface area contributed by atoms with Gasteiger partial charge in [-0.2, -0.15) is 5.10 Å². The number of nitrogens with zero attached hydrogens (tertiary/aromatic N) is 3. The molecule has 20 heavy (non-hydrogen) atoms. The van der Waals surface area contributed by atoms with Crippen LogP contribution in [0.15, 0.2) is 30.7 Å². The van der Waals surface area contributed by atoms with Gasteiger partial charge in [-0.25, -0.2) is 0 Å². The second-order valence-electron chi connectivity index (χ2n) is 5.77. The first kappa shape index (κ1) is 13.3. The van der Waals surface area contributed by atoms with E-state index in [9.17, 15) is 0 Å². The number of rotatable bonds is 4. The van der Waals surface area contributed by atoms with Crippen LogP contribution in [0.2, 0.25) is 0 Å². The molecule has 1 atom stereocenters. The molecule has 1 aliphatic rings. The monoisotopic (exact) mass is 270 g/mol. The van der Waals surface area contributed by atoms with Gasteiger partial charge in [-0.05, 0) is 43.0 Å². The summed E-state index contributed by atoms with van der Waals surface area (Å²) in [4.78, 5) is 4.12. The summed E-state index contributed by atoms with van der Waals surface area (Å²) in [5.74, 6) is 0. The molecule has 0 bridgehead atoms. The summed E-state index contributed by atoms with van der Waals surface area (Å²) in [6.07, 6.45) is 11.7. The van der Waals surface area contributed by atoms with E-state index in [0.717, 1.165) is 23.2 Å². The lowest BCUT2D eigenvalue weighted by Crippen LogP contribution is -2.15. The Labute approximate surface area is 120 Å². The summed E-state index contributed by atoms with van der Waals surface area (Å²) in [6.45, 7) is 2.05. The molecule has 2 N–H and O–H groups in total. The average molecular weight is 270 g/mol. The molecule has 0 radical (unpaired) electrons. The molecule has 0 aliphatic heterocycles. The van der Waals surface area contributed by atoms with Crippen LogP contribution in [0, 0.1) is 6.92 Å². The Kier molecular flexibility index (Phi) is 3.83. The van der Waals surface area contributed by atoms with E-state index >= 15 is 0 Å². The highest BCUT2D eigenvalue weighted by Gasteiger charge is 2.18. The van der Waals surface area contributed by atoms with Crippen molar-refractivity contribution in [2.24, 2.45) is 5.73 Å². The maximum Gasteiger partial charge on any atom is 0.0643 e. The number of hydrogen-bond donors (Lipinski definition) is 1. The Morgan fingerprint density at radius 3 is 2.90 bits per heavy atom.